The molecule has 3 fully saturated rings. The molecule has 1 aliphatic carbocycles. The van der Waals surface area contributed by atoms with E-state index in [1.807, 2.05) is 0 Å². The number of nitrogens with one attached hydrogen (secondary N) is 1. The van der Waals surface area contributed by atoms with Crippen LogP contribution in [0.25, 0.3) is 0 Å². The van der Waals surface area contributed by atoms with Crippen molar-refractivity contribution in [1.29, 1.82) is 0 Å². The van der Waals surface area contributed by atoms with Gasteiger partial charge in [0.15, 0.2) is 5.54 Å². The van der Waals surface area contributed by atoms with Crippen molar-refractivity contribution >= 4 is 23.5 Å². The van der Waals surface area contributed by atoms with Gasteiger partial charge in [-0.1, -0.05) is 25.5 Å². The number of carbonyl (C=O) groups is 3. The highest BCUT2D eigenvalue weighted by molar-refractivity contribution is 6.09. The van der Waals surface area contributed by atoms with Crippen molar-refractivity contribution in [3.63, 3.8) is 0 Å². The zero-order chi connectivity index (χ0) is 34.4. The Bertz CT molecular complexity index is 1500. The van der Waals surface area contributed by atoms with Crippen LogP contribution in [-0.2, 0) is 27.1 Å². The lowest BCUT2D eigenvalue weighted by atomic mass is 9.89. The molecule has 2 aromatic rings. The normalized spacial score (nSPS) is 21.2. The fourth-order valence-electron chi connectivity index (χ4n) is 5.86. The Hall–Kier alpha value is -4.08. The van der Waals surface area contributed by atoms with E-state index in [4.69, 9.17) is 4.74 Å². The van der Waals surface area contributed by atoms with Crippen molar-refractivity contribution in [2.24, 2.45) is 0 Å². The van der Waals surface area contributed by atoms with Crippen molar-refractivity contribution in [2.45, 2.75) is 75.5 Å². The van der Waals surface area contributed by atoms with Crippen LogP contribution < -0.4 is 15.0 Å². The second-order valence-electron chi connectivity index (χ2n) is 12.2. The second-order valence-corrected chi connectivity index (χ2v) is 12.2. The summed E-state index contributed by atoms with van der Waals surface area (Å²) in [5.41, 5.74) is -7.01. The van der Waals surface area contributed by atoms with E-state index in [1.165, 1.54) is 18.0 Å². The molecule has 0 radical (unpaired) electrons. The number of amides is 4. The zero-order valence-electron chi connectivity index (χ0n) is 25.7. The first-order valence-corrected chi connectivity index (χ1v) is 15.3. The smallest absolute Gasteiger partial charge is 0.430 e. The van der Waals surface area contributed by atoms with Crippen molar-refractivity contribution in [2.75, 3.05) is 37.6 Å². The summed E-state index contributed by atoms with van der Waals surface area (Å²) in [5, 5.41) is 12.5. The van der Waals surface area contributed by atoms with Gasteiger partial charge in [0.2, 0.25) is 5.91 Å². The lowest BCUT2D eigenvalue weighted by molar-refractivity contribution is -0.376. The lowest BCUT2D eigenvalue weighted by Gasteiger charge is -2.34. The Morgan fingerprint density at radius 1 is 1.04 bits per heavy atom. The van der Waals surface area contributed by atoms with Crippen molar-refractivity contribution in [3.8, 4) is 5.75 Å². The molecule has 256 valence electrons. The van der Waals surface area contributed by atoms with Gasteiger partial charge in [-0.3, -0.25) is 19.5 Å². The molecule has 3 aliphatic rings. The number of aromatic nitrogens is 1. The number of carbonyl (C=O) groups excluding carboxylic acids is 3. The second kappa shape index (κ2) is 12.5. The lowest BCUT2D eigenvalue weighted by Crippen LogP contribution is -2.54. The van der Waals surface area contributed by atoms with E-state index >= 15 is 0 Å². The van der Waals surface area contributed by atoms with Gasteiger partial charge in [-0.25, -0.2) is 4.79 Å². The van der Waals surface area contributed by atoms with Crippen LogP contribution in [0.4, 0.5) is 36.8 Å². The highest BCUT2D eigenvalue weighted by Crippen LogP contribution is 2.50. The number of pyridine rings is 1. The molecule has 2 aliphatic heterocycles. The summed E-state index contributed by atoms with van der Waals surface area (Å²) in [7, 11) is 0. The Labute approximate surface area is 266 Å². The van der Waals surface area contributed by atoms with E-state index in [9.17, 15) is 45.8 Å². The minimum Gasteiger partial charge on any atom is -0.489 e. The van der Waals surface area contributed by atoms with Crippen LogP contribution in [0.15, 0.2) is 36.5 Å². The number of nitrogens with zero attached hydrogens (tertiary/aromatic N) is 4. The summed E-state index contributed by atoms with van der Waals surface area (Å²) >= 11 is 0. The van der Waals surface area contributed by atoms with Gasteiger partial charge in [0.1, 0.15) is 12.3 Å². The molecule has 1 aromatic heterocycles. The first kappa shape index (κ1) is 34.3. The minimum atomic E-state index is -6.00. The molecule has 16 heteroatoms. The predicted octanol–water partition coefficient (Wildman–Crippen LogP) is 4.39. The third-order valence-corrected chi connectivity index (χ3v) is 8.67. The van der Waals surface area contributed by atoms with E-state index in [1.54, 1.807) is 24.0 Å². The molecule has 1 saturated carbocycles. The fraction of sp³-hybridized carbons (Fsp3) is 0.548. The number of aryl methyl sites for hydroxylation is 1. The number of anilines is 1. The van der Waals surface area contributed by atoms with Crippen molar-refractivity contribution < 1.29 is 50.6 Å². The van der Waals surface area contributed by atoms with Gasteiger partial charge in [0, 0.05) is 37.4 Å². The SMILES string of the molecule is CCCc1cc(C(O)(C(F)(F)F)C(F)(F)F)ccc1N1CCCN(C(=O)CN2C(=O)NC(C)(c3ccc(OC4CC4)cn3)C2=O)CC1. The molecule has 2 saturated heterocycles. The fourth-order valence-corrected chi connectivity index (χ4v) is 5.86. The highest BCUT2D eigenvalue weighted by Gasteiger charge is 2.71. The quantitative estimate of drug-likeness (QED) is 0.300. The monoisotopic (exact) mass is 671 g/mol. The van der Waals surface area contributed by atoms with E-state index in [0.717, 1.165) is 29.9 Å². The first-order chi connectivity index (χ1) is 22.0. The molecule has 10 nitrogen and oxygen atoms in total. The number of hydrogen-bond donors (Lipinski definition) is 2. The summed E-state index contributed by atoms with van der Waals surface area (Å²) in [5.74, 6) is -0.622. The van der Waals surface area contributed by atoms with Gasteiger partial charge in [0.25, 0.3) is 11.5 Å². The zero-order valence-corrected chi connectivity index (χ0v) is 25.7. The number of benzene rings is 1. The number of aliphatic hydroxyl groups is 1. The maximum absolute atomic E-state index is 13.5. The van der Waals surface area contributed by atoms with E-state index < -0.39 is 53.4 Å². The third kappa shape index (κ3) is 6.56. The number of halogens is 6. The van der Waals surface area contributed by atoms with Crippen LogP contribution >= 0.6 is 0 Å². The number of imide groups is 1. The summed E-state index contributed by atoms with van der Waals surface area (Å²) in [4.78, 5) is 47.9. The standard InChI is InChI=1S/C31H35F6N5O5/c1-3-5-19-16-20(29(46,30(32,33)34)31(35,36)37)6-10-23(19)40-12-4-13-41(15-14-40)25(43)18-42-26(44)28(2,39-27(42)45)24-11-9-22(17-38-24)47-21-7-8-21/h6,9-11,16-17,21,46H,3-5,7-8,12-15,18H2,1-2H3,(H,39,45). The molecular formula is C31H35F6N5O5. The van der Waals surface area contributed by atoms with Crippen LogP contribution in [0.5, 0.6) is 5.75 Å². The molecule has 5 rings (SSSR count). The Kier molecular flexibility index (Phi) is 9.12. The molecule has 2 N–H and O–H groups in total. The first-order valence-electron chi connectivity index (χ1n) is 15.3. The summed E-state index contributed by atoms with van der Waals surface area (Å²) in [6.07, 6.45) is -7.52. The minimum absolute atomic E-state index is 0.117. The summed E-state index contributed by atoms with van der Waals surface area (Å²) < 4.78 is 86.9. The number of hydrogen-bond acceptors (Lipinski definition) is 7. The number of urea groups is 1. The molecule has 47 heavy (non-hydrogen) atoms. The highest BCUT2D eigenvalue weighted by atomic mass is 19.4. The van der Waals surface area contributed by atoms with Crippen LogP contribution in [-0.4, -0.2) is 88.9 Å². The topological polar surface area (TPSA) is 115 Å². The van der Waals surface area contributed by atoms with Gasteiger partial charge in [-0.2, -0.15) is 26.3 Å². The molecule has 1 aromatic carbocycles. The third-order valence-electron chi connectivity index (χ3n) is 8.67. The maximum Gasteiger partial charge on any atom is 0.430 e. The molecule has 1 atom stereocenters. The van der Waals surface area contributed by atoms with E-state index in [0.29, 0.717) is 36.9 Å². The van der Waals surface area contributed by atoms with Gasteiger partial charge in [-0.15, -0.1) is 0 Å². The molecule has 4 amide bonds. The van der Waals surface area contributed by atoms with E-state index in [2.05, 4.69) is 10.3 Å². The summed E-state index contributed by atoms with van der Waals surface area (Å²) in [6.45, 7) is 3.54. The average molecular weight is 672 g/mol. The van der Waals surface area contributed by atoms with Crippen LogP contribution in [0.2, 0.25) is 0 Å². The van der Waals surface area contributed by atoms with Crippen molar-refractivity contribution in [3.05, 3.63) is 53.3 Å². The molecule has 1 unspecified atom stereocenters. The van der Waals surface area contributed by atoms with Gasteiger partial charge < -0.3 is 25.0 Å². The molecular weight excluding hydrogens is 636 g/mol. The molecule has 3 heterocycles. The average Bonchev–Trinajstić information content (AvgIpc) is 3.82. The van der Waals surface area contributed by atoms with Crippen molar-refractivity contribution in [1.82, 2.24) is 20.1 Å². The Balaban J connectivity index is 1.27. The summed E-state index contributed by atoms with van der Waals surface area (Å²) in [6, 6.07) is 4.98. The van der Waals surface area contributed by atoms with Crippen LogP contribution in [0.1, 0.15) is 56.4 Å². The van der Waals surface area contributed by atoms with E-state index in [-0.39, 0.29) is 43.4 Å². The predicted molar refractivity (Wildman–Crippen MR) is 155 cm³/mol. The Morgan fingerprint density at radius 2 is 1.74 bits per heavy atom. The Morgan fingerprint density at radius 3 is 2.34 bits per heavy atom. The van der Waals surface area contributed by atoms with Gasteiger partial charge in [-0.05, 0) is 56.4 Å². The number of rotatable bonds is 9. The maximum atomic E-state index is 13.5. The van der Waals surface area contributed by atoms with Crippen LogP contribution in [0, 0.1) is 0 Å². The largest absolute Gasteiger partial charge is 0.489 e. The molecule has 0 spiro atoms. The van der Waals surface area contributed by atoms with Gasteiger partial charge in [0.05, 0.1) is 18.0 Å². The molecule has 0 bridgehead atoms. The number of ether oxygens (including phenoxy) is 1. The van der Waals surface area contributed by atoms with Crippen LogP contribution in [0.3, 0.4) is 0 Å². The van der Waals surface area contributed by atoms with Gasteiger partial charge >= 0.3 is 18.4 Å². The number of alkyl halides is 6.